The normalized spacial score (nSPS) is 12.4. The lowest BCUT2D eigenvalue weighted by Gasteiger charge is -2.12. The van der Waals surface area contributed by atoms with Gasteiger partial charge in [-0.2, -0.15) is 0 Å². The molecule has 0 heterocycles. The van der Waals surface area contributed by atoms with Crippen LogP contribution in [0.5, 0.6) is 0 Å². The van der Waals surface area contributed by atoms with E-state index in [0.29, 0.717) is 12.8 Å². The van der Waals surface area contributed by atoms with Crippen molar-refractivity contribution in [1.29, 1.82) is 0 Å². The molecule has 0 aromatic heterocycles. The topological polar surface area (TPSA) is 49.3 Å². The van der Waals surface area contributed by atoms with Gasteiger partial charge in [0.25, 0.3) is 0 Å². The summed E-state index contributed by atoms with van der Waals surface area (Å²) in [6.45, 7) is 4.30. The van der Waals surface area contributed by atoms with Gasteiger partial charge in [0.15, 0.2) is 0 Å². The molecule has 0 aliphatic rings. The van der Waals surface area contributed by atoms with Gasteiger partial charge in [-0.1, -0.05) is 52.4 Å². The second-order valence-electron chi connectivity index (χ2n) is 4.74. The molecule has 0 bridgehead atoms. The molecule has 0 rings (SSSR count). The van der Waals surface area contributed by atoms with Crippen LogP contribution < -0.4 is 5.32 Å². The highest BCUT2D eigenvalue weighted by Gasteiger charge is 2.07. The van der Waals surface area contributed by atoms with Crippen LogP contribution in [0.4, 0.5) is 0 Å². The van der Waals surface area contributed by atoms with Crippen LogP contribution in [0.25, 0.3) is 0 Å². The number of hydrogen-bond donors (Lipinski definition) is 2. The number of hydrogen-bond acceptors (Lipinski definition) is 2. The number of amides is 1. The van der Waals surface area contributed by atoms with E-state index in [-0.39, 0.29) is 5.91 Å². The zero-order chi connectivity index (χ0) is 12.9. The zero-order valence-corrected chi connectivity index (χ0v) is 11.5. The highest BCUT2D eigenvalue weighted by Crippen LogP contribution is 2.06. The third-order valence-electron chi connectivity index (χ3n) is 2.92. The number of aliphatic hydroxyl groups excluding tert-OH is 1. The van der Waals surface area contributed by atoms with E-state index in [0.717, 1.165) is 32.1 Å². The molecule has 3 heteroatoms. The van der Waals surface area contributed by atoms with Gasteiger partial charge in [0.1, 0.15) is 6.23 Å². The summed E-state index contributed by atoms with van der Waals surface area (Å²) in [4.78, 5) is 11.4. The zero-order valence-electron chi connectivity index (χ0n) is 11.5. The smallest absolute Gasteiger partial charge is 0.221 e. The molecule has 0 spiro atoms. The molecule has 3 nitrogen and oxygen atoms in total. The third kappa shape index (κ3) is 11.7. The number of aliphatic hydroxyl groups is 1. The van der Waals surface area contributed by atoms with Crippen LogP contribution in [-0.2, 0) is 4.79 Å². The van der Waals surface area contributed by atoms with Crippen LogP contribution in [0, 0.1) is 0 Å². The second-order valence-corrected chi connectivity index (χ2v) is 4.74. The number of carbonyl (C=O) groups is 1. The standard InChI is InChI=1S/C14H29NO2/c1-3-5-7-8-10-12-14(17)15-13(16)11-9-6-4-2/h14,17H,3-12H2,1-2H3,(H,15,16). The first-order chi connectivity index (χ1) is 8.20. The molecule has 1 unspecified atom stereocenters. The van der Waals surface area contributed by atoms with Crippen LogP contribution in [0.3, 0.4) is 0 Å². The fourth-order valence-electron chi connectivity index (χ4n) is 1.81. The van der Waals surface area contributed by atoms with Gasteiger partial charge in [-0.15, -0.1) is 0 Å². The van der Waals surface area contributed by atoms with Crippen molar-refractivity contribution < 1.29 is 9.90 Å². The largest absolute Gasteiger partial charge is 0.374 e. The molecule has 0 fully saturated rings. The predicted octanol–water partition coefficient (Wildman–Crippen LogP) is 3.36. The first kappa shape index (κ1) is 16.4. The van der Waals surface area contributed by atoms with Crippen LogP contribution in [0.1, 0.15) is 78.1 Å². The van der Waals surface area contributed by atoms with Gasteiger partial charge in [-0.05, 0) is 19.3 Å². The first-order valence-corrected chi connectivity index (χ1v) is 7.18. The Bertz CT molecular complexity index is 183. The van der Waals surface area contributed by atoms with Crippen molar-refractivity contribution >= 4 is 5.91 Å². The Morgan fingerprint density at radius 3 is 2.24 bits per heavy atom. The number of rotatable bonds is 11. The van der Waals surface area contributed by atoms with Crippen LogP contribution >= 0.6 is 0 Å². The Morgan fingerprint density at radius 2 is 1.59 bits per heavy atom. The summed E-state index contributed by atoms with van der Waals surface area (Å²) in [7, 11) is 0. The minimum Gasteiger partial charge on any atom is -0.374 e. The van der Waals surface area contributed by atoms with Gasteiger partial charge >= 0.3 is 0 Å². The average molecular weight is 243 g/mol. The monoisotopic (exact) mass is 243 g/mol. The fraction of sp³-hybridized carbons (Fsp3) is 0.929. The molecule has 0 aliphatic heterocycles. The first-order valence-electron chi connectivity index (χ1n) is 7.18. The fourth-order valence-corrected chi connectivity index (χ4v) is 1.81. The maximum Gasteiger partial charge on any atom is 0.221 e. The molecule has 0 saturated heterocycles. The molecule has 0 aromatic rings. The molecule has 17 heavy (non-hydrogen) atoms. The molecule has 0 radical (unpaired) electrons. The van der Waals surface area contributed by atoms with Crippen LogP contribution in [0.2, 0.25) is 0 Å². The Labute approximate surface area is 106 Å². The second kappa shape index (κ2) is 11.9. The van der Waals surface area contributed by atoms with Crippen molar-refractivity contribution in [2.24, 2.45) is 0 Å². The van der Waals surface area contributed by atoms with Crippen molar-refractivity contribution in [3.8, 4) is 0 Å². The van der Waals surface area contributed by atoms with Gasteiger partial charge in [-0.25, -0.2) is 0 Å². The van der Waals surface area contributed by atoms with Gasteiger partial charge < -0.3 is 10.4 Å². The molecule has 102 valence electrons. The predicted molar refractivity (Wildman–Crippen MR) is 71.7 cm³/mol. The number of carbonyl (C=O) groups excluding carboxylic acids is 1. The van der Waals surface area contributed by atoms with Crippen molar-refractivity contribution in [3.63, 3.8) is 0 Å². The van der Waals surface area contributed by atoms with E-state index in [2.05, 4.69) is 19.2 Å². The van der Waals surface area contributed by atoms with E-state index in [1.165, 1.54) is 19.3 Å². The molecule has 1 amide bonds. The molecular weight excluding hydrogens is 214 g/mol. The maximum atomic E-state index is 11.4. The molecule has 2 N–H and O–H groups in total. The van der Waals surface area contributed by atoms with Crippen molar-refractivity contribution in [2.75, 3.05) is 0 Å². The van der Waals surface area contributed by atoms with Crippen LogP contribution in [-0.4, -0.2) is 17.2 Å². The summed E-state index contributed by atoms with van der Waals surface area (Å²) >= 11 is 0. The molecular formula is C14H29NO2. The van der Waals surface area contributed by atoms with Gasteiger partial charge in [0, 0.05) is 6.42 Å². The summed E-state index contributed by atoms with van der Waals surface area (Å²) in [5.41, 5.74) is 0. The van der Waals surface area contributed by atoms with Crippen LogP contribution in [0.15, 0.2) is 0 Å². The van der Waals surface area contributed by atoms with E-state index in [1.807, 2.05) is 0 Å². The quantitative estimate of drug-likeness (QED) is 0.432. The Hall–Kier alpha value is -0.570. The lowest BCUT2D eigenvalue weighted by molar-refractivity contribution is -0.124. The summed E-state index contributed by atoms with van der Waals surface area (Å²) < 4.78 is 0. The SMILES string of the molecule is CCCCCCCC(O)NC(=O)CCCCC. The molecule has 0 aromatic carbocycles. The molecule has 1 atom stereocenters. The summed E-state index contributed by atoms with van der Waals surface area (Å²) in [6.07, 6.45) is 9.57. The third-order valence-corrected chi connectivity index (χ3v) is 2.92. The highest BCUT2D eigenvalue weighted by molar-refractivity contribution is 5.75. The number of nitrogens with one attached hydrogen (secondary N) is 1. The minimum atomic E-state index is -0.647. The van der Waals surface area contributed by atoms with E-state index in [1.54, 1.807) is 0 Å². The van der Waals surface area contributed by atoms with E-state index in [4.69, 9.17) is 0 Å². The Morgan fingerprint density at radius 1 is 1.00 bits per heavy atom. The molecule has 0 aliphatic carbocycles. The lowest BCUT2D eigenvalue weighted by atomic mass is 10.1. The summed E-state index contributed by atoms with van der Waals surface area (Å²) in [6, 6.07) is 0. The van der Waals surface area contributed by atoms with Gasteiger partial charge in [0.05, 0.1) is 0 Å². The van der Waals surface area contributed by atoms with Gasteiger partial charge in [-0.3, -0.25) is 4.79 Å². The Balaban J connectivity index is 3.37. The molecule has 0 saturated carbocycles. The Kier molecular flexibility index (Phi) is 11.5. The minimum absolute atomic E-state index is 0.0143. The highest BCUT2D eigenvalue weighted by atomic mass is 16.3. The van der Waals surface area contributed by atoms with Crippen molar-refractivity contribution in [3.05, 3.63) is 0 Å². The lowest BCUT2D eigenvalue weighted by Crippen LogP contribution is -2.34. The summed E-state index contributed by atoms with van der Waals surface area (Å²) in [5.74, 6) is -0.0143. The van der Waals surface area contributed by atoms with Gasteiger partial charge in [0.2, 0.25) is 5.91 Å². The van der Waals surface area contributed by atoms with Crippen molar-refractivity contribution in [2.45, 2.75) is 84.3 Å². The van der Waals surface area contributed by atoms with E-state index >= 15 is 0 Å². The average Bonchev–Trinajstić information content (AvgIpc) is 2.29. The van der Waals surface area contributed by atoms with E-state index in [9.17, 15) is 9.90 Å². The maximum absolute atomic E-state index is 11.4. The number of unbranched alkanes of at least 4 members (excludes halogenated alkanes) is 6. The van der Waals surface area contributed by atoms with E-state index < -0.39 is 6.23 Å². The summed E-state index contributed by atoms with van der Waals surface area (Å²) in [5, 5.41) is 12.2. The van der Waals surface area contributed by atoms with Crippen molar-refractivity contribution in [1.82, 2.24) is 5.32 Å².